The molecule has 0 amide bonds. The number of benzene rings is 3. The largest absolute Gasteiger partial charge is 0.497 e. The zero-order chi connectivity index (χ0) is 18.1. The van der Waals surface area contributed by atoms with E-state index in [2.05, 4.69) is 65.5 Å². The van der Waals surface area contributed by atoms with E-state index in [9.17, 15) is 0 Å². The summed E-state index contributed by atoms with van der Waals surface area (Å²) < 4.78 is 13.1. The van der Waals surface area contributed by atoms with Crippen molar-refractivity contribution in [2.24, 2.45) is 7.05 Å². The van der Waals surface area contributed by atoms with Crippen LogP contribution in [0.25, 0.3) is 21.8 Å². The van der Waals surface area contributed by atoms with Crippen LogP contribution in [0.2, 0.25) is 0 Å². The van der Waals surface area contributed by atoms with Crippen LogP contribution in [-0.4, -0.2) is 14.2 Å². The van der Waals surface area contributed by atoms with E-state index in [1.807, 2.05) is 18.2 Å². The van der Waals surface area contributed by atoms with Crippen LogP contribution in [0.3, 0.4) is 0 Å². The van der Waals surface area contributed by atoms with Crippen molar-refractivity contribution in [2.75, 3.05) is 19.5 Å². The van der Waals surface area contributed by atoms with Gasteiger partial charge in [-0.1, -0.05) is 24.3 Å². The van der Waals surface area contributed by atoms with Crippen LogP contribution in [-0.2, 0) is 7.05 Å². The molecule has 0 aliphatic rings. The Labute approximate surface area is 152 Å². The number of hydrogen-bond donors (Lipinski definition) is 1. The molecule has 0 aliphatic heterocycles. The van der Waals surface area contributed by atoms with Gasteiger partial charge in [0.2, 0.25) is 11.0 Å². The van der Waals surface area contributed by atoms with Gasteiger partial charge >= 0.3 is 0 Å². The zero-order valence-electron chi connectivity index (χ0n) is 15.1. The Bertz CT molecular complexity index is 1050. The van der Waals surface area contributed by atoms with E-state index in [0.29, 0.717) is 0 Å². The molecule has 0 saturated carbocycles. The first-order valence-electron chi connectivity index (χ1n) is 8.51. The summed E-state index contributed by atoms with van der Waals surface area (Å²) in [6.45, 7) is 0. The van der Waals surface area contributed by atoms with Crippen molar-refractivity contribution < 1.29 is 14.0 Å². The van der Waals surface area contributed by atoms with Crippen LogP contribution in [0.1, 0.15) is 0 Å². The molecule has 4 nitrogen and oxygen atoms in total. The summed E-state index contributed by atoms with van der Waals surface area (Å²) in [4.78, 5) is 0. The van der Waals surface area contributed by atoms with Gasteiger partial charge < -0.3 is 14.8 Å². The third-order valence-electron chi connectivity index (χ3n) is 4.74. The van der Waals surface area contributed by atoms with Crippen LogP contribution >= 0.6 is 0 Å². The van der Waals surface area contributed by atoms with E-state index < -0.39 is 0 Å². The lowest BCUT2D eigenvalue weighted by atomic mass is 10.1. The second kappa shape index (κ2) is 6.56. The lowest BCUT2D eigenvalue weighted by molar-refractivity contribution is -0.617. The molecule has 0 saturated heterocycles. The molecule has 0 fully saturated rings. The van der Waals surface area contributed by atoms with Gasteiger partial charge in [-0.2, -0.15) is 4.57 Å². The Morgan fingerprint density at radius 2 is 1.38 bits per heavy atom. The van der Waals surface area contributed by atoms with Gasteiger partial charge in [0.25, 0.3) is 0 Å². The Morgan fingerprint density at radius 1 is 0.769 bits per heavy atom. The van der Waals surface area contributed by atoms with Gasteiger partial charge in [0.15, 0.2) is 0 Å². The summed E-state index contributed by atoms with van der Waals surface area (Å²) in [5, 5.41) is 5.91. The Kier molecular flexibility index (Phi) is 4.09. The van der Waals surface area contributed by atoms with Crippen LogP contribution in [0.4, 0.5) is 11.4 Å². The summed E-state index contributed by atoms with van der Waals surface area (Å²) >= 11 is 0. The highest BCUT2D eigenvalue weighted by Gasteiger charge is 2.18. The van der Waals surface area contributed by atoms with Crippen molar-refractivity contribution in [3.63, 3.8) is 0 Å². The predicted octanol–water partition coefficient (Wildman–Crippen LogP) is 4.58. The molecule has 4 rings (SSSR count). The summed E-state index contributed by atoms with van der Waals surface area (Å²) in [6, 6.07) is 22.6. The maximum absolute atomic E-state index is 5.56. The number of aryl methyl sites for hydroxylation is 1. The quantitative estimate of drug-likeness (QED) is 0.434. The number of pyridine rings is 1. The zero-order valence-corrected chi connectivity index (χ0v) is 15.1. The maximum Gasteiger partial charge on any atom is 0.214 e. The SMILES string of the molecule is COc1ccc(Nc2c3ccccc3[n+](C)c3ccccc23)c(OC)c1. The number of nitrogens with one attached hydrogen (secondary N) is 1. The van der Waals surface area contributed by atoms with Gasteiger partial charge in [-0.15, -0.1) is 0 Å². The monoisotopic (exact) mass is 345 g/mol. The van der Waals surface area contributed by atoms with Gasteiger partial charge in [0, 0.05) is 18.2 Å². The molecule has 3 aromatic carbocycles. The second-order valence-electron chi connectivity index (χ2n) is 6.16. The second-order valence-corrected chi connectivity index (χ2v) is 6.16. The average Bonchev–Trinajstić information content (AvgIpc) is 2.71. The maximum atomic E-state index is 5.56. The minimum Gasteiger partial charge on any atom is -0.497 e. The third kappa shape index (κ3) is 2.60. The van der Waals surface area contributed by atoms with Gasteiger partial charge in [-0.3, -0.25) is 0 Å². The fraction of sp³-hybridized carbons (Fsp3) is 0.136. The van der Waals surface area contributed by atoms with Crippen LogP contribution in [0.15, 0.2) is 66.7 Å². The van der Waals surface area contributed by atoms with Crippen LogP contribution < -0.4 is 19.4 Å². The first-order chi connectivity index (χ1) is 12.7. The van der Waals surface area contributed by atoms with Crippen LogP contribution in [0.5, 0.6) is 11.5 Å². The molecular weight excluding hydrogens is 324 g/mol. The number of rotatable bonds is 4. The minimum absolute atomic E-state index is 0.741. The summed E-state index contributed by atoms with van der Waals surface area (Å²) in [5.74, 6) is 1.51. The Balaban J connectivity index is 1.97. The van der Waals surface area contributed by atoms with Crippen molar-refractivity contribution in [2.45, 2.75) is 0 Å². The molecule has 0 radical (unpaired) electrons. The number of nitrogens with zero attached hydrogens (tertiary/aromatic N) is 1. The molecule has 0 bridgehead atoms. The Morgan fingerprint density at radius 3 is 1.96 bits per heavy atom. The minimum atomic E-state index is 0.741. The van der Waals surface area contributed by atoms with Crippen molar-refractivity contribution in [3.05, 3.63) is 66.7 Å². The predicted molar refractivity (Wildman–Crippen MR) is 105 cm³/mol. The smallest absolute Gasteiger partial charge is 0.214 e. The molecular formula is C22H21N2O2+. The fourth-order valence-electron chi connectivity index (χ4n) is 3.40. The van der Waals surface area contributed by atoms with Gasteiger partial charge in [-0.05, 0) is 24.3 Å². The van der Waals surface area contributed by atoms with Gasteiger partial charge in [0.05, 0.1) is 36.4 Å². The molecule has 130 valence electrons. The summed E-state index contributed by atoms with van der Waals surface area (Å²) in [5.41, 5.74) is 4.30. The van der Waals surface area contributed by atoms with E-state index in [4.69, 9.17) is 9.47 Å². The molecule has 4 aromatic rings. The molecule has 26 heavy (non-hydrogen) atoms. The summed E-state index contributed by atoms with van der Waals surface area (Å²) in [6.07, 6.45) is 0. The van der Waals surface area contributed by atoms with Crippen molar-refractivity contribution in [1.29, 1.82) is 0 Å². The Hall–Kier alpha value is -3.27. The molecule has 0 atom stereocenters. The topological polar surface area (TPSA) is 34.4 Å². The van der Waals surface area contributed by atoms with E-state index >= 15 is 0 Å². The number of ether oxygens (including phenoxy) is 2. The third-order valence-corrected chi connectivity index (χ3v) is 4.74. The number of para-hydroxylation sites is 2. The molecule has 0 spiro atoms. The van der Waals surface area contributed by atoms with E-state index in [-0.39, 0.29) is 0 Å². The van der Waals surface area contributed by atoms with Crippen LogP contribution in [0, 0.1) is 0 Å². The normalized spacial score (nSPS) is 10.9. The van der Waals surface area contributed by atoms with Crippen molar-refractivity contribution in [1.82, 2.24) is 0 Å². The average molecular weight is 345 g/mol. The highest BCUT2D eigenvalue weighted by Crippen LogP contribution is 2.36. The molecule has 1 aromatic heterocycles. The lowest BCUT2D eigenvalue weighted by Crippen LogP contribution is -2.30. The first-order valence-corrected chi connectivity index (χ1v) is 8.51. The summed E-state index contributed by atoms with van der Waals surface area (Å²) in [7, 11) is 5.42. The molecule has 0 unspecified atom stereocenters. The van der Waals surface area contributed by atoms with Crippen molar-refractivity contribution >= 4 is 33.2 Å². The molecule has 1 N–H and O–H groups in total. The molecule has 4 heteroatoms. The van der Waals surface area contributed by atoms with E-state index in [1.165, 1.54) is 11.0 Å². The van der Waals surface area contributed by atoms with Gasteiger partial charge in [0.1, 0.15) is 18.5 Å². The van der Waals surface area contributed by atoms with E-state index in [1.54, 1.807) is 14.2 Å². The number of methoxy groups -OCH3 is 2. The first kappa shape index (κ1) is 16.2. The number of anilines is 2. The molecule has 0 aliphatic carbocycles. The highest BCUT2D eigenvalue weighted by molar-refractivity contribution is 6.06. The fourth-order valence-corrected chi connectivity index (χ4v) is 3.40. The molecule has 1 heterocycles. The number of aromatic nitrogens is 1. The highest BCUT2D eigenvalue weighted by atomic mass is 16.5. The standard InChI is InChI=1S/C22H20N2O2/c1-24-19-10-6-4-8-16(19)22(17-9-5-7-11-20(17)24)23-18-13-12-15(25-2)14-21(18)26-3/h4-14H,1-3H3/p+1. The lowest BCUT2D eigenvalue weighted by Gasteiger charge is -2.15. The van der Waals surface area contributed by atoms with E-state index in [0.717, 1.165) is 33.6 Å². The van der Waals surface area contributed by atoms with Gasteiger partial charge in [-0.25, -0.2) is 0 Å². The number of hydrogen-bond acceptors (Lipinski definition) is 3. The van der Waals surface area contributed by atoms with Crippen molar-refractivity contribution in [3.8, 4) is 11.5 Å². The number of fused-ring (bicyclic) bond motifs is 2.